The summed E-state index contributed by atoms with van der Waals surface area (Å²) in [5.74, 6) is 2.45. The molecule has 6 nitrogen and oxygen atoms in total. The second kappa shape index (κ2) is 5.69. The third-order valence-electron chi connectivity index (χ3n) is 3.66. The molecule has 0 unspecified atom stereocenters. The molecule has 3 heterocycles. The zero-order valence-corrected chi connectivity index (χ0v) is 11.5. The number of hydrogen-bond acceptors (Lipinski definition) is 6. The molecule has 0 aromatic carbocycles. The summed E-state index contributed by atoms with van der Waals surface area (Å²) in [5.41, 5.74) is 0. The Morgan fingerprint density at radius 1 is 0.842 bits per heavy atom. The maximum absolute atomic E-state index is 5.37. The lowest BCUT2D eigenvalue weighted by Crippen LogP contribution is -2.38. The molecule has 0 aliphatic carbocycles. The molecule has 3 rings (SSSR count). The number of nitrogens with zero attached hydrogens (tertiary/aromatic N) is 5. The van der Waals surface area contributed by atoms with Crippen molar-refractivity contribution in [3.63, 3.8) is 0 Å². The summed E-state index contributed by atoms with van der Waals surface area (Å²) in [6.45, 7) is 7.30. The number of ether oxygens (including phenoxy) is 1. The van der Waals surface area contributed by atoms with Gasteiger partial charge in [-0.2, -0.15) is 15.0 Å². The van der Waals surface area contributed by atoms with Gasteiger partial charge in [0.15, 0.2) is 0 Å². The lowest BCUT2D eigenvalue weighted by Gasteiger charge is -2.30. The first-order valence-corrected chi connectivity index (χ1v) is 7.13. The topological polar surface area (TPSA) is 54.4 Å². The largest absolute Gasteiger partial charge is 0.378 e. The maximum atomic E-state index is 5.37. The standard InChI is InChI=1S/C13H21N5O.H2/c1-11-14-12(17-5-3-2-4-6-17)16-13(15-11)18-7-9-19-10-8-18;/h2-10H2,1H3;1H. The van der Waals surface area contributed by atoms with Crippen molar-refractivity contribution < 1.29 is 6.16 Å². The van der Waals surface area contributed by atoms with E-state index in [2.05, 4.69) is 24.8 Å². The molecule has 6 heteroatoms. The molecule has 2 fully saturated rings. The number of aryl methyl sites for hydroxylation is 1. The van der Waals surface area contributed by atoms with Crippen LogP contribution in [0.3, 0.4) is 0 Å². The first kappa shape index (κ1) is 12.6. The molecule has 0 N–H and O–H groups in total. The highest BCUT2D eigenvalue weighted by atomic mass is 16.5. The summed E-state index contributed by atoms with van der Waals surface area (Å²) in [6.07, 6.45) is 3.78. The van der Waals surface area contributed by atoms with Gasteiger partial charge in [0.05, 0.1) is 13.2 Å². The Bertz CT molecular complexity index is 397. The van der Waals surface area contributed by atoms with Crippen LogP contribution in [0.25, 0.3) is 0 Å². The van der Waals surface area contributed by atoms with Crippen molar-refractivity contribution in [3.8, 4) is 0 Å². The predicted molar refractivity (Wildman–Crippen MR) is 75.8 cm³/mol. The number of anilines is 2. The van der Waals surface area contributed by atoms with Crippen molar-refractivity contribution in [3.05, 3.63) is 5.82 Å². The Hall–Kier alpha value is -1.43. The van der Waals surface area contributed by atoms with E-state index in [4.69, 9.17) is 4.74 Å². The highest BCUT2D eigenvalue weighted by molar-refractivity contribution is 5.39. The van der Waals surface area contributed by atoms with Gasteiger partial charge in [-0.25, -0.2) is 0 Å². The quantitative estimate of drug-likeness (QED) is 0.802. The molecule has 0 atom stereocenters. The van der Waals surface area contributed by atoms with Gasteiger partial charge in [0, 0.05) is 27.6 Å². The minimum atomic E-state index is 0. The second-order valence-electron chi connectivity index (χ2n) is 5.13. The van der Waals surface area contributed by atoms with E-state index in [1.54, 1.807) is 0 Å². The van der Waals surface area contributed by atoms with Crippen molar-refractivity contribution >= 4 is 11.9 Å². The van der Waals surface area contributed by atoms with Crippen LogP contribution in [0.2, 0.25) is 0 Å². The normalized spacial score (nSPS) is 20.7. The number of rotatable bonds is 2. The fourth-order valence-corrected chi connectivity index (χ4v) is 2.59. The minimum absolute atomic E-state index is 0. The van der Waals surface area contributed by atoms with Crippen LogP contribution in [0.15, 0.2) is 0 Å². The van der Waals surface area contributed by atoms with Gasteiger partial charge in [0.1, 0.15) is 5.82 Å². The van der Waals surface area contributed by atoms with Crippen LogP contribution in [0.5, 0.6) is 0 Å². The monoisotopic (exact) mass is 265 g/mol. The summed E-state index contributed by atoms with van der Waals surface area (Å²) < 4.78 is 5.37. The highest BCUT2D eigenvalue weighted by Gasteiger charge is 2.19. The Labute approximate surface area is 115 Å². The SMILES string of the molecule is Cc1nc(N2CCCCC2)nc(N2CCOCC2)n1.[HH]. The van der Waals surface area contributed by atoms with Gasteiger partial charge < -0.3 is 14.5 Å². The van der Waals surface area contributed by atoms with Crippen molar-refractivity contribution in [2.24, 2.45) is 0 Å². The van der Waals surface area contributed by atoms with E-state index >= 15 is 0 Å². The lowest BCUT2D eigenvalue weighted by atomic mass is 10.1. The molecule has 19 heavy (non-hydrogen) atoms. The zero-order valence-electron chi connectivity index (χ0n) is 11.5. The molecule has 0 saturated carbocycles. The molecular formula is C13H23N5O. The Morgan fingerprint density at radius 2 is 1.42 bits per heavy atom. The van der Waals surface area contributed by atoms with Crippen molar-refractivity contribution in [2.45, 2.75) is 26.2 Å². The van der Waals surface area contributed by atoms with Crippen LogP contribution < -0.4 is 9.80 Å². The van der Waals surface area contributed by atoms with E-state index in [0.717, 1.165) is 57.1 Å². The molecular weight excluding hydrogens is 242 g/mol. The summed E-state index contributed by atoms with van der Waals surface area (Å²) in [5, 5.41) is 0. The molecule has 0 bridgehead atoms. The van der Waals surface area contributed by atoms with E-state index in [1.165, 1.54) is 19.3 Å². The van der Waals surface area contributed by atoms with Crippen molar-refractivity contribution in [1.29, 1.82) is 0 Å². The summed E-state index contributed by atoms with van der Waals surface area (Å²) in [7, 11) is 0. The lowest BCUT2D eigenvalue weighted by molar-refractivity contribution is 0.122. The van der Waals surface area contributed by atoms with E-state index in [-0.39, 0.29) is 1.43 Å². The fraction of sp³-hybridized carbons (Fsp3) is 0.769. The van der Waals surface area contributed by atoms with Crippen LogP contribution in [0.4, 0.5) is 11.9 Å². The van der Waals surface area contributed by atoms with Gasteiger partial charge in [0.25, 0.3) is 0 Å². The Balaban J connectivity index is 0.00000147. The van der Waals surface area contributed by atoms with Crippen molar-refractivity contribution in [1.82, 2.24) is 15.0 Å². The second-order valence-corrected chi connectivity index (χ2v) is 5.13. The first-order valence-electron chi connectivity index (χ1n) is 7.13. The van der Waals surface area contributed by atoms with E-state index in [0.29, 0.717) is 0 Å². The van der Waals surface area contributed by atoms with Gasteiger partial charge in [-0.3, -0.25) is 0 Å². The predicted octanol–water partition coefficient (Wildman–Crippen LogP) is 1.25. The van der Waals surface area contributed by atoms with Crippen molar-refractivity contribution in [2.75, 3.05) is 49.2 Å². The first-order chi connectivity index (χ1) is 9.33. The molecule has 0 radical (unpaired) electrons. The molecule has 2 saturated heterocycles. The Morgan fingerprint density at radius 3 is 2.05 bits per heavy atom. The zero-order chi connectivity index (χ0) is 13.1. The summed E-state index contributed by atoms with van der Waals surface area (Å²) >= 11 is 0. The molecule has 2 aliphatic heterocycles. The van der Waals surface area contributed by atoms with E-state index in [1.807, 2.05) is 6.92 Å². The van der Waals surface area contributed by atoms with Crippen LogP contribution in [0, 0.1) is 6.92 Å². The third-order valence-corrected chi connectivity index (χ3v) is 3.66. The average molecular weight is 265 g/mol. The average Bonchev–Trinajstić information content (AvgIpc) is 2.48. The summed E-state index contributed by atoms with van der Waals surface area (Å²) in [6, 6.07) is 0. The number of aromatic nitrogens is 3. The summed E-state index contributed by atoms with van der Waals surface area (Å²) in [4.78, 5) is 18.1. The molecule has 1 aromatic heterocycles. The Kier molecular flexibility index (Phi) is 3.77. The fourth-order valence-electron chi connectivity index (χ4n) is 2.59. The molecule has 0 amide bonds. The molecule has 0 spiro atoms. The maximum Gasteiger partial charge on any atom is 0.230 e. The number of morpholine rings is 1. The van der Waals surface area contributed by atoms with E-state index < -0.39 is 0 Å². The van der Waals surface area contributed by atoms with Gasteiger partial charge >= 0.3 is 0 Å². The van der Waals surface area contributed by atoms with Gasteiger partial charge in [0.2, 0.25) is 11.9 Å². The van der Waals surface area contributed by atoms with Gasteiger partial charge in [-0.1, -0.05) is 0 Å². The highest BCUT2D eigenvalue weighted by Crippen LogP contribution is 2.18. The smallest absolute Gasteiger partial charge is 0.230 e. The number of piperidine rings is 1. The third kappa shape index (κ3) is 2.94. The molecule has 1 aromatic rings. The minimum Gasteiger partial charge on any atom is -0.378 e. The number of hydrogen-bond donors (Lipinski definition) is 0. The van der Waals surface area contributed by atoms with Gasteiger partial charge in [-0.05, 0) is 26.2 Å². The van der Waals surface area contributed by atoms with Gasteiger partial charge in [-0.15, -0.1) is 0 Å². The van der Waals surface area contributed by atoms with Crippen LogP contribution in [-0.2, 0) is 4.74 Å². The molecule has 106 valence electrons. The van der Waals surface area contributed by atoms with Crippen LogP contribution in [0.1, 0.15) is 26.5 Å². The van der Waals surface area contributed by atoms with Crippen LogP contribution in [-0.4, -0.2) is 54.3 Å². The van der Waals surface area contributed by atoms with E-state index in [9.17, 15) is 0 Å². The van der Waals surface area contributed by atoms with Crippen LogP contribution >= 0.6 is 0 Å². The molecule has 2 aliphatic rings.